The van der Waals surface area contributed by atoms with E-state index in [4.69, 9.17) is 21.4 Å². The summed E-state index contributed by atoms with van der Waals surface area (Å²) in [7, 11) is 1.41. The number of likely N-dealkylation sites (tertiary alicyclic amines) is 1. The number of hydrogen-bond donors (Lipinski definition) is 2. The summed E-state index contributed by atoms with van der Waals surface area (Å²) in [6, 6.07) is 10.3. The zero-order valence-corrected chi connectivity index (χ0v) is 18.2. The predicted molar refractivity (Wildman–Crippen MR) is 116 cm³/mol. The summed E-state index contributed by atoms with van der Waals surface area (Å²) in [5, 5.41) is 10.9. The standard InChI is InChI=1S/C21H17ClN2O7S/c1-24-18(26)9-16(19(24)27)32-15-5-3-2-4-12(15)21(30)31-10-17(25)23-11-6-7-14(22)13(8-11)20(28)29/h2-8,16H,9-10H2,1H3,(H,23,25)(H,28,29). The van der Waals surface area contributed by atoms with Crippen molar-refractivity contribution in [2.75, 3.05) is 19.0 Å². The van der Waals surface area contributed by atoms with Crippen molar-refractivity contribution < 1.29 is 33.8 Å². The molecule has 1 aliphatic heterocycles. The smallest absolute Gasteiger partial charge is 0.339 e. The molecule has 0 spiro atoms. The molecule has 0 aliphatic carbocycles. The van der Waals surface area contributed by atoms with Gasteiger partial charge in [-0.25, -0.2) is 9.59 Å². The van der Waals surface area contributed by atoms with E-state index >= 15 is 0 Å². The van der Waals surface area contributed by atoms with Gasteiger partial charge in [0.25, 0.3) is 5.91 Å². The van der Waals surface area contributed by atoms with E-state index < -0.39 is 29.7 Å². The van der Waals surface area contributed by atoms with Gasteiger partial charge < -0.3 is 15.2 Å². The molecule has 1 unspecified atom stereocenters. The van der Waals surface area contributed by atoms with E-state index in [1.807, 2.05) is 0 Å². The number of halogens is 1. The third-order valence-electron chi connectivity index (χ3n) is 4.53. The second kappa shape index (κ2) is 9.84. The van der Waals surface area contributed by atoms with Crippen molar-refractivity contribution >= 4 is 58.7 Å². The number of nitrogens with zero attached hydrogens (tertiary/aromatic N) is 1. The van der Waals surface area contributed by atoms with Crippen LogP contribution in [0.1, 0.15) is 27.1 Å². The number of ether oxygens (including phenoxy) is 1. The number of anilines is 1. The van der Waals surface area contributed by atoms with Gasteiger partial charge in [0.1, 0.15) is 0 Å². The summed E-state index contributed by atoms with van der Waals surface area (Å²) in [5.41, 5.74) is 0.148. The monoisotopic (exact) mass is 476 g/mol. The molecular formula is C21H17ClN2O7S. The van der Waals surface area contributed by atoms with Crippen LogP contribution in [-0.2, 0) is 19.1 Å². The van der Waals surface area contributed by atoms with Crippen LogP contribution < -0.4 is 5.32 Å². The van der Waals surface area contributed by atoms with Crippen molar-refractivity contribution in [3.8, 4) is 0 Å². The first-order valence-corrected chi connectivity index (χ1v) is 10.5. The fraction of sp³-hybridized carbons (Fsp3) is 0.190. The van der Waals surface area contributed by atoms with Gasteiger partial charge in [-0.1, -0.05) is 23.7 Å². The number of thioether (sulfide) groups is 1. The molecule has 1 fully saturated rings. The maximum absolute atomic E-state index is 12.5. The maximum Gasteiger partial charge on any atom is 0.339 e. The van der Waals surface area contributed by atoms with Gasteiger partial charge in [-0.2, -0.15) is 0 Å². The lowest BCUT2D eigenvalue weighted by atomic mass is 10.2. The quantitative estimate of drug-likeness (QED) is 0.460. The molecule has 2 aromatic rings. The molecule has 1 heterocycles. The SMILES string of the molecule is CN1C(=O)CC(Sc2ccccc2C(=O)OCC(=O)Nc2ccc(Cl)c(C(=O)O)c2)C1=O. The van der Waals surface area contributed by atoms with Crippen molar-refractivity contribution in [1.29, 1.82) is 0 Å². The summed E-state index contributed by atoms with van der Waals surface area (Å²) in [5.74, 6) is -3.35. The lowest BCUT2D eigenvalue weighted by Crippen LogP contribution is -2.26. The number of amides is 3. The Bertz CT molecular complexity index is 1120. The van der Waals surface area contributed by atoms with E-state index in [1.165, 1.54) is 31.3 Å². The highest BCUT2D eigenvalue weighted by Gasteiger charge is 2.37. The Labute approximate surface area is 191 Å². The number of benzene rings is 2. The topological polar surface area (TPSA) is 130 Å². The van der Waals surface area contributed by atoms with E-state index in [9.17, 15) is 24.0 Å². The van der Waals surface area contributed by atoms with Crippen LogP contribution in [0, 0.1) is 0 Å². The molecule has 1 atom stereocenters. The molecule has 0 aromatic heterocycles. The summed E-state index contributed by atoms with van der Waals surface area (Å²) < 4.78 is 5.07. The van der Waals surface area contributed by atoms with Gasteiger partial charge in [0, 0.05) is 24.1 Å². The Balaban J connectivity index is 1.63. The van der Waals surface area contributed by atoms with E-state index in [1.54, 1.807) is 18.2 Å². The van der Waals surface area contributed by atoms with Crippen LogP contribution in [0.3, 0.4) is 0 Å². The number of esters is 1. The highest BCUT2D eigenvalue weighted by molar-refractivity contribution is 8.00. The summed E-state index contributed by atoms with van der Waals surface area (Å²) in [6.45, 7) is -0.619. The van der Waals surface area contributed by atoms with Gasteiger partial charge in [-0.05, 0) is 30.3 Å². The number of carbonyl (C=O) groups is 5. The zero-order chi connectivity index (χ0) is 23.4. The summed E-state index contributed by atoms with van der Waals surface area (Å²) in [4.78, 5) is 61.2. The average Bonchev–Trinajstić information content (AvgIpc) is 3.00. The molecular weight excluding hydrogens is 460 g/mol. The first-order chi connectivity index (χ1) is 15.2. The van der Waals surface area contributed by atoms with Crippen LogP contribution in [0.2, 0.25) is 5.02 Å². The molecule has 0 radical (unpaired) electrons. The van der Waals surface area contributed by atoms with E-state index in [0.717, 1.165) is 16.7 Å². The van der Waals surface area contributed by atoms with E-state index in [2.05, 4.69) is 5.32 Å². The molecule has 166 valence electrons. The van der Waals surface area contributed by atoms with Crippen LogP contribution in [0.25, 0.3) is 0 Å². The number of carboxylic acids is 1. The Hall–Kier alpha value is -3.37. The highest BCUT2D eigenvalue weighted by Crippen LogP contribution is 2.33. The fourth-order valence-electron chi connectivity index (χ4n) is 2.88. The van der Waals surface area contributed by atoms with Gasteiger partial charge in [0.15, 0.2) is 6.61 Å². The van der Waals surface area contributed by atoms with Gasteiger partial charge in [0.05, 0.1) is 21.4 Å². The van der Waals surface area contributed by atoms with Crippen molar-refractivity contribution in [2.45, 2.75) is 16.6 Å². The highest BCUT2D eigenvalue weighted by atomic mass is 35.5. The van der Waals surface area contributed by atoms with Crippen molar-refractivity contribution in [1.82, 2.24) is 4.90 Å². The second-order valence-corrected chi connectivity index (χ2v) is 8.37. The lowest BCUT2D eigenvalue weighted by molar-refractivity contribution is -0.136. The normalized spacial score (nSPS) is 15.6. The molecule has 0 saturated carbocycles. The zero-order valence-electron chi connectivity index (χ0n) is 16.7. The van der Waals surface area contributed by atoms with Crippen LogP contribution in [0.15, 0.2) is 47.4 Å². The Morgan fingerprint density at radius 1 is 1.19 bits per heavy atom. The third kappa shape index (κ3) is 5.27. The van der Waals surface area contributed by atoms with Gasteiger partial charge in [-0.15, -0.1) is 11.8 Å². The predicted octanol–water partition coefficient (Wildman–Crippen LogP) is 2.68. The fourth-order valence-corrected chi connectivity index (χ4v) is 4.30. The second-order valence-electron chi connectivity index (χ2n) is 6.72. The number of imide groups is 1. The Morgan fingerprint density at radius 3 is 2.56 bits per heavy atom. The minimum Gasteiger partial charge on any atom is -0.478 e. The first-order valence-electron chi connectivity index (χ1n) is 9.23. The molecule has 1 saturated heterocycles. The number of nitrogens with one attached hydrogen (secondary N) is 1. The first kappa shape index (κ1) is 23.3. The number of aromatic carboxylic acids is 1. The largest absolute Gasteiger partial charge is 0.478 e. The maximum atomic E-state index is 12.5. The van der Waals surface area contributed by atoms with Crippen LogP contribution >= 0.6 is 23.4 Å². The molecule has 0 bridgehead atoms. The number of carbonyl (C=O) groups excluding carboxylic acids is 4. The lowest BCUT2D eigenvalue weighted by Gasteiger charge is -2.12. The van der Waals surface area contributed by atoms with E-state index in [0.29, 0.717) is 4.90 Å². The summed E-state index contributed by atoms with van der Waals surface area (Å²) >= 11 is 6.87. The van der Waals surface area contributed by atoms with Crippen LogP contribution in [0.5, 0.6) is 0 Å². The van der Waals surface area contributed by atoms with Crippen molar-refractivity contribution in [2.24, 2.45) is 0 Å². The van der Waals surface area contributed by atoms with Crippen molar-refractivity contribution in [3.63, 3.8) is 0 Å². The molecule has 3 amide bonds. The van der Waals surface area contributed by atoms with Gasteiger partial charge >= 0.3 is 11.9 Å². The molecule has 1 aliphatic rings. The minimum absolute atomic E-state index is 0.0182. The van der Waals surface area contributed by atoms with Crippen LogP contribution in [0.4, 0.5) is 5.69 Å². The summed E-state index contributed by atoms with van der Waals surface area (Å²) in [6.07, 6.45) is 0.0329. The van der Waals surface area contributed by atoms with Gasteiger partial charge in [0.2, 0.25) is 11.8 Å². The minimum atomic E-state index is -1.25. The van der Waals surface area contributed by atoms with Gasteiger partial charge in [-0.3, -0.25) is 19.3 Å². The number of hydrogen-bond acceptors (Lipinski definition) is 7. The average molecular weight is 477 g/mol. The molecule has 32 heavy (non-hydrogen) atoms. The molecule has 3 rings (SSSR count). The third-order valence-corrected chi connectivity index (χ3v) is 6.12. The number of carboxylic acid groups (broad SMARTS) is 1. The Morgan fingerprint density at radius 2 is 1.91 bits per heavy atom. The molecule has 2 aromatic carbocycles. The number of rotatable bonds is 7. The molecule has 11 heteroatoms. The van der Waals surface area contributed by atoms with E-state index in [-0.39, 0.29) is 40.1 Å². The van der Waals surface area contributed by atoms with Crippen LogP contribution in [-0.4, -0.2) is 58.6 Å². The van der Waals surface area contributed by atoms with Crippen molar-refractivity contribution in [3.05, 3.63) is 58.6 Å². The molecule has 2 N–H and O–H groups in total. The Kier molecular flexibility index (Phi) is 7.16. The molecule has 9 nitrogen and oxygen atoms in total.